The highest BCUT2D eigenvalue weighted by molar-refractivity contribution is 6.13. The number of fused-ring (bicyclic) bond motifs is 1. The molecular formula is C37H45N7O7. The van der Waals surface area contributed by atoms with Crippen LogP contribution in [0.3, 0.4) is 0 Å². The molecule has 2 heterocycles. The Labute approximate surface area is 297 Å². The van der Waals surface area contributed by atoms with Crippen LogP contribution in [0.4, 0.5) is 22.1 Å². The molecule has 1 aliphatic heterocycles. The van der Waals surface area contributed by atoms with Crippen molar-refractivity contribution in [2.45, 2.75) is 32.6 Å². The average molecular weight is 700 g/mol. The highest BCUT2D eigenvalue weighted by atomic mass is 16.5. The van der Waals surface area contributed by atoms with E-state index in [1.807, 2.05) is 42.2 Å². The number of nitrogens with one attached hydrogen (secondary N) is 3. The first-order chi connectivity index (χ1) is 24.6. The minimum absolute atomic E-state index is 0.183. The molecule has 51 heavy (non-hydrogen) atoms. The lowest BCUT2D eigenvalue weighted by Crippen LogP contribution is -2.47. The Bertz CT molecular complexity index is 1880. The number of anilines is 3. The number of unbranched alkanes of at least 4 members (excludes halogenated alkanes) is 2. The van der Waals surface area contributed by atoms with Crippen LogP contribution in [-0.4, -0.2) is 105 Å². The van der Waals surface area contributed by atoms with E-state index in [0.717, 1.165) is 51.0 Å². The van der Waals surface area contributed by atoms with Gasteiger partial charge in [0.1, 0.15) is 5.75 Å². The number of aromatic nitrogens is 2. The summed E-state index contributed by atoms with van der Waals surface area (Å²) in [5, 5.41) is 5.20. The molecule has 0 radical (unpaired) electrons. The van der Waals surface area contributed by atoms with Gasteiger partial charge in [0, 0.05) is 50.8 Å². The zero-order valence-corrected chi connectivity index (χ0v) is 29.7. The second kappa shape index (κ2) is 16.9. The number of aryl methyl sites for hydroxylation is 1. The number of carbonyl (C=O) groups excluding carboxylic acids is 4. The highest BCUT2D eigenvalue weighted by Gasteiger charge is 2.26. The first kappa shape index (κ1) is 36.6. The van der Waals surface area contributed by atoms with Crippen molar-refractivity contribution < 1.29 is 33.4 Å². The van der Waals surface area contributed by atoms with Crippen LogP contribution < -0.4 is 25.0 Å². The zero-order chi connectivity index (χ0) is 36.5. The van der Waals surface area contributed by atoms with Gasteiger partial charge in [0.25, 0.3) is 5.91 Å². The fourth-order valence-corrected chi connectivity index (χ4v) is 6.10. The van der Waals surface area contributed by atoms with Gasteiger partial charge in [-0.15, -0.1) is 0 Å². The summed E-state index contributed by atoms with van der Waals surface area (Å²) in [5.74, 6) is 0.803. The molecule has 4 amide bonds. The van der Waals surface area contributed by atoms with Crippen molar-refractivity contribution in [2.24, 2.45) is 0 Å². The number of likely N-dealkylation sites (N-methyl/N-ethyl adjacent to an activating group) is 1. The van der Waals surface area contributed by atoms with E-state index in [1.165, 1.54) is 19.1 Å². The summed E-state index contributed by atoms with van der Waals surface area (Å²) >= 11 is 0. The predicted molar refractivity (Wildman–Crippen MR) is 196 cm³/mol. The van der Waals surface area contributed by atoms with Crippen molar-refractivity contribution in [1.82, 2.24) is 19.8 Å². The summed E-state index contributed by atoms with van der Waals surface area (Å²) in [5.41, 5.74) is 4.27. The Morgan fingerprint density at radius 2 is 1.78 bits per heavy atom. The molecule has 5 rings (SSSR count). The number of hydrogen-bond acceptors (Lipinski definition) is 9. The lowest BCUT2D eigenvalue weighted by Gasteiger charge is -2.32. The average Bonchev–Trinajstić information content (AvgIpc) is 3.55. The predicted octanol–water partition coefficient (Wildman–Crippen LogP) is 5.28. The number of carbonyl (C=O) groups is 4. The number of benzene rings is 3. The minimum atomic E-state index is -0.676. The van der Waals surface area contributed by atoms with E-state index in [2.05, 4.69) is 37.3 Å². The van der Waals surface area contributed by atoms with Crippen molar-refractivity contribution in [3.05, 3.63) is 59.7 Å². The largest absolute Gasteiger partial charge is 0.494 e. The molecule has 270 valence electrons. The molecule has 0 spiro atoms. The van der Waals surface area contributed by atoms with Gasteiger partial charge in [-0.2, -0.15) is 0 Å². The van der Waals surface area contributed by atoms with Gasteiger partial charge in [0.2, 0.25) is 18.3 Å². The first-order valence-electron chi connectivity index (χ1n) is 16.9. The van der Waals surface area contributed by atoms with Crippen molar-refractivity contribution in [1.29, 1.82) is 0 Å². The minimum Gasteiger partial charge on any atom is -0.494 e. The lowest BCUT2D eigenvalue weighted by atomic mass is 9.98. The molecule has 0 unspecified atom stereocenters. The molecule has 14 heteroatoms. The summed E-state index contributed by atoms with van der Waals surface area (Å²) in [4.78, 5) is 63.5. The van der Waals surface area contributed by atoms with E-state index in [4.69, 9.17) is 9.47 Å². The summed E-state index contributed by atoms with van der Waals surface area (Å²) < 4.78 is 16.7. The Morgan fingerprint density at radius 3 is 2.51 bits per heavy atom. The molecule has 3 N–H and O–H groups in total. The van der Waals surface area contributed by atoms with E-state index in [-0.39, 0.29) is 28.9 Å². The maximum absolute atomic E-state index is 14.1. The van der Waals surface area contributed by atoms with Crippen molar-refractivity contribution in [3.63, 3.8) is 0 Å². The summed E-state index contributed by atoms with van der Waals surface area (Å²) in [6.45, 7) is 5.76. The van der Waals surface area contributed by atoms with Gasteiger partial charge in [-0.1, -0.05) is 18.2 Å². The summed E-state index contributed by atoms with van der Waals surface area (Å²) in [6.07, 6.45) is 2.74. The van der Waals surface area contributed by atoms with E-state index in [0.29, 0.717) is 53.0 Å². The van der Waals surface area contributed by atoms with Gasteiger partial charge in [-0.3, -0.25) is 19.7 Å². The van der Waals surface area contributed by atoms with Gasteiger partial charge in [0.05, 0.1) is 48.8 Å². The molecule has 1 fully saturated rings. The van der Waals surface area contributed by atoms with E-state index >= 15 is 0 Å². The van der Waals surface area contributed by atoms with Crippen LogP contribution in [-0.2, 0) is 14.3 Å². The molecule has 14 nitrogen and oxygen atoms in total. The lowest BCUT2D eigenvalue weighted by molar-refractivity contribution is -0.132. The number of amides is 4. The molecule has 3 aromatic carbocycles. The monoisotopic (exact) mass is 699 g/mol. The van der Waals surface area contributed by atoms with Gasteiger partial charge >= 0.3 is 6.09 Å². The fourth-order valence-electron chi connectivity index (χ4n) is 6.10. The number of methoxy groups -OCH3 is 2. The number of piperazine rings is 1. The van der Waals surface area contributed by atoms with Crippen LogP contribution in [0.25, 0.3) is 22.2 Å². The Hall–Kier alpha value is -5.63. The fraction of sp³-hybridized carbons (Fsp3) is 0.378. The maximum atomic E-state index is 14.1. The maximum Gasteiger partial charge on any atom is 0.413 e. The second-order valence-corrected chi connectivity index (χ2v) is 12.4. The SMILES string of the molecule is COC(=O)Nc1nc2c(-c3ccc(C(=O)N(C)c4ccc(C)cc4OCCCCCC(=O)N4CCN(C)CC4)c(NC=O)c3OC)cccc2[nH]1. The number of para-hydroxylation sites is 1. The topological polar surface area (TPSA) is 158 Å². The molecule has 1 saturated heterocycles. The third kappa shape index (κ3) is 8.58. The van der Waals surface area contributed by atoms with Crippen molar-refractivity contribution in [3.8, 4) is 22.6 Å². The van der Waals surface area contributed by atoms with E-state index < -0.39 is 12.0 Å². The summed E-state index contributed by atoms with van der Waals surface area (Å²) in [6, 6.07) is 14.4. The van der Waals surface area contributed by atoms with E-state index in [9.17, 15) is 19.2 Å². The number of H-pyrrole nitrogens is 1. The summed E-state index contributed by atoms with van der Waals surface area (Å²) in [7, 11) is 6.43. The second-order valence-electron chi connectivity index (χ2n) is 12.4. The van der Waals surface area contributed by atoms with Crippen LogP contribution in [0.5, 0.6) is 11.5 Å². The third-order valence-corrected chi connectivity index (χ3v) is 8.93. The van der Waals surface area contributed by atoms with Crippen LogP contribution >= 0.6 is 0 Å². The quantitative estimate of drug-likeness (QED) is 0.118. The number of ether oxygens (including phenoxy) is 3. The van der Waals surface area contributed by atoms with Gasteiger partial charge < -0.3 is 39.2 Å². The van der Waals surface area contributed by atoms with Crippen LogP contribution in [0.1, 0.15) is 41.6 Å². The smallest absolute Gasteiger partial charge is 0.413 e. The molecule has 4 aromatic rings. The standard InChI is InChI=1S/C37H45N7O7/c1-24-13-16-29(30(22-24)51-21-8-6-7-12-31(46)44-19-17-42(2)18-20-44)43(3)35(47)27-15-14-26(34(49-4)33(27)38-23-45)25-10-9-11-28-32(25)40-36(39-28)41-37(48)50-5/h9-11,13-16,22-23H,6-8,12,17-21H2,1-5H3,(H,38,45)(H2,39,40,41,48). The molecule has 0 atom stereocenters. The highest BCUT2D eigenvalue weighted by Crippen LogP contribution is 2.42. The third-order valence-electron chi connectivity index (χ3n) is 8.93. The van der Waals surface area contributed by atoms with Crippen LogP contribution in [0.2, 0.25) is 0 Å². The van der Waals surface area contributed by atoms with Gasteiger partial charge in [-0.05, 0) is 69.1 Å². The van der Waals surface area contributed by atoms with E-state index in [1.54, 1.807) is 25.2 Å². The first-order valence-corrected chi connectivity index (χ1v) is 16.9. The van der Waals surface area contributed by atoms with Crippen LogP contribution in [0, 0.1) is 6.92 Å². The Morgan fingerprint density at radius 1 is 1.00 bits per heavy atom. The number of nitrogens with zero attached hydrogens (tertiary/aromatic N) is 4. The van der Waals surface area contributed by atoms with Crippen molar-refractivity contribution in [2.75, 3.05) is 76.6 Å². The van der Waals surface area contributed by atoms with Crippen LogP contribution in [0.15, 0.2) is 48.5 Å². The molecular weight excluding hydrogens is 654 g/mol. The molecule has 0 saturated carbocycles. The Kier molecular flexibility index (Phi) is 12.1. The van der Waals surface area contributed by atoms with Crippen molar-refractivity contribution >= 4 is 52.7 Å². The number of aromatic amines is 1. The number of imidazole rings is 1. The molecule has 1 aliphatic rings. The van der Waals surface area contributed by atoms with Gasteiger partial charge in [0.15, 0.2) is 5.75 Å². The molecule has 1 aromatic heterocycles. The normalized spacial score (nSPS) is 13.1. The zero-order valence-electron chi connectivity index (χ0n) is 29.7. The number of hydrogen-bond donors (Lipinski definition) is 3. The molecule has 0 bridgehead atoms. The number of rotatable bonds is 14. The molecule has 0 aliphatic carbocycles. The Balaban J connectivity index is 1.32. The van der Waals surface area contributed by atoms with Gasteiger partial charge in [-0.25, -0.2) is 9.78 Å².